The lowest BCUT2D eigenvalue weighted by Gasteiger charge is -2.10. The van der Waals surface area contributed by atoms with Gasteiger partial charge in [-0.1, -0.05) is 0 Å². The van der Waals surface area contributed by atoms with E-state index in [-0.39, 0.29) is 19.0 Å². The minimum Gasteiger partial charge on any atom is -0.466 e. The first-order chi connectivity index (χ1) is 15.7. The minimum absolute atomic E-state index is 0.0562. The molecule has 4 rings (SSSR count). The van der Waals surface area contributed by atoms with E-state index in [1.807, 2.05) is 13.8 Å². The molecular formula is C20H24Br2N8O3. The van der Waals surface area contributed by atoms with Crippen LogP contribution in [0.25, 0.3) is 11.3 Å². The predicted molar refractivity (Wildman–Crippen MR) is 131 cm³/mol. The largest absolute Gasteiger partial charge is 0.466 e. The number of esters is 1. The number of nitrogen functional groups attached to an aromatic ring is 2. The van der Waals surface area contributed by atoms with Gasteiger partial charge >= 0.3 is 5.97 Å². The summed E-state index contributed by atoms with van der Waals surface area (Å²) in [5.74, 6) is 0.633. The zero-order valence-electron chi connectivity index (χ0n) is 18.3. The Kier molecular flexibility index (Phi) is 7.87. The lowest BCUT2D eigenvalue weighted by molar-refractivity contribution is -0.142. The Hall–Kier alpha value is -2.77. The number of halogens is 2. The fraction of sp³-hybridized carbons (Fsp3) is 0.350. The van der Waals surface area contributed by atoms with Gasteiger partial charge in [0.15, 0.2) is 11.3 Å². The van der Waals surface area contributed by atoms with Crippen LogP contribution in [0.2, 0.25) is 0 Å². The maximum absolute atomic E-state index is 11.5. The summed E-state index contributed by atoms with van der Waals surface area (Å²) in [6.07, 6.45) is 3.87. The number of aliphatic hydroxyl groups is 1. The number of hydrogen-bond donors (Lipinski definition) is 3. The monoisotopic (exact) mass is 582 g/mol. The molecule has 33 heavy (non-hydrogen) atoms. The second kappa shape index (κ2) is 10.4. The molecule has 0 aliphatic carbocycles. The Morgan fingerprint density at radius 1 is 1.00 bits per heavy atom. The molecule has 176 valence electrons. The zero-order valence-corrected chi connectivity index (χ0v) is 21.5. The molecule has 13 heteroatoms. The van der Waals surface area contributed by atoms with Gasteiger partial charge in [-0.25, -0.2) is 9.97 Å². The highest BCUT2D eigenvalue weighted by Crippen LogP contribution is 2.24. The first-order valence-corrected chi connectivity index (χ1v) is 11.6. The molecule has 11 nitrogen and oxygen atoms in total. The van der Waals surface area contributed by atoms with Crippen LogP contribution in [0.3, 0.4) is 0 Å². The molecule has 4 heterocycles. The molecule has 4 aromatic heterocycles. The summed E-state index contributed by atoms with van der Waals surface area (Å²) in [5, 5.41) is 17.1. The van der Waals surface area contributed by atoms with E-state index in [0.717, 1.165) is 20.2 Å². The third kappa shape index (κ3) is 5.09. The average molecular weight is 584 g/mol. The summed E-state index contributed by atoms with van der Waals surface area (Å²) in [6, 6.07) is 0. The van der Waals surface area contributed by atoms with E-state index < -0.39 is 0 Å². The van der Waals surface area contributed by atoms with E-state index in [0.29, 0.717) is 47.2 Å². The van der Waals surface area contributed by atoms with Crippen LogP contribution in [0.5, 0.6) is 0 Å². The van der Waals surface area contributed by atoms with Gasteiger partial charge in [0, 0.05) is 35.5 Å². The van der Waals surface area contributed by atoms with Crippen molar-refractivity contribution in [1.82, 2.24) is 29.2 Å². The number of fused-ring (bicyclic) bond motifs is 2. The molecule has 0 amide bonds. The van der Waals surface area contributed by atoms with Crippen LogP contribution in [-0.4, -0.2) is 53.5 Å². The van der Waals surface area contributed by atoms with Crippen molar-refractivity contribution in [1.29, 1.82) is 0 Å². The van der Waals surface area contributed by atoms with Gasteiger partial charge in [0.05, 0.1) is 34.4 Å². The van der Waals surface area contributed by atoms with Gasteiger partial charge in [0.1, 0.15) is 11.6 Å². The van der Waals surface area contributed by atoms with Crippen molar-refractivity contribution in [2.45, 2.75) is 33.6 Å². The summed E-state index contributed by atoms with van der Waals surface area (Å²) in [6.45, 7) is 5.85. The highest BCUT2D eigenvalue weighted by Gasteiger charge is 2.16. The molecule has 0 unspecified atom stereocenters. The van der Waals surface area contributed by atoms with Crippen LogP contribution < -0.4 is 11.5 Å². The predicted octanol–water partition coefficient (Wildman–Crippen LogP) is 2.41. The van der Waals surface area contributed by atoms with E-state index >= 15 is 0 Å². The molecule has 4 aromatic rings. The van der Waals surface area contributed by atoms with Crippen LogP contribution in [0.4, 0.5) is 11.6 Å². The zero-order chi connectivity index (χ0) is 24.3. The number of hydrogen-bond acceptors (Lipinski definition) is 9. The van der Waals surface area contributed by atoms with E-state index in [2.05, 4.69) is 52.0 Å². The van der Waals surface area contributed by atoms with Gasteiger partial charge in [0.2, 0.25) is 0 Å². The lowest BCUT2D eigenvalue weighted by atomic mass is 10.1. The van der Waals surface area contributed by atoms with Gasteiger partial charge in [-0.15, -0.1) is 0 Å². The second-order valence-corrected chi connectivity index (χ2v) is 8.74. The number of aromatic nitrogens is 6. The van der Waals surface area contributed by atoms with Gasteiger partial charge in [-0.3, -0.25) is 4.79 Å². The molecule has 0 aliphatic rings. The lowest BCUT2D eigenvalue weighted by Crippen LogP contribution is -2.14. The number of carbonyl (C=O) groups excluding carboxylic acids is 1. The maximum Gasteiger partial charge on any atom is 0.310 e. The molecule has 0 saturated carbocycles. The van der Waals surface area contributed by atoms with Crippen molar-refractivity contribution >= 4 is 60.8 Å². The summed E-state index contributed by atoms with van der Waals surface area (Å²) in [7, 11) is 0. The SMILES string of the molecule is CCOC(=O)Cc1c(C)nc2c(Br)cnn2c1N.Cc1nc2c(Br)cnn2c(N)c1CCO. The number of carbonyl (C=O) groups is 1. The summed E-state index contributed by atoms with van der Waals surface area (Å²) in [4.78, 5) is 20.3. The van der Waals surface area contributed by atoms with Crippen LogP contribution in [0.1, 0.15) is 29.4 Å². The third-order valence-electron chi connectivity index (χ3n) is 4.89. The van der Waals surface area contributed by atoms with Crippen LogP contribution >= 0.6 is 31.9 Å². The molecule has 0 atom stereocenters. The van der Waals surface area contributed by atoms with E-state index in [1.54, 1.807) is 23.8 Å². The Morgan fingerprint density at radius 3 is 1.97 bits per heavy atom. The number of rotatable bonds is 5. The number of ether oxygens (including phenoxy) is 1. The van der Waals surface area contributed by atoms with Crippen molar-refractivity contribution in [2.24, 2.45) is 0 Å². The minimum atomic E-state index is -0.320. The van der Waals surface area contributed by atoms with E-state index in [4.69, 9.17) is 21.3 Å². The molecule has 0 spiro atoms. The third-order valence-corrected chi connectivity index (χ3v) is 6.00. The maximum atomic E-state index is 11.5. The molecule has 0 fully saturated rings. The van der Waals surface area contributed by atoms with Crippen molar-refractivity contribution in [3.05, 3.63) is 43.9 Å². The second-order valence-electron chi connectivity index (χ2n) is 7.03. The summed E-state index contributed by atoms with van der Waals surface area (Å²) >= 11 is 6.69. The highest BCUT2D eigenvalue weighted by atomic mass is 79.9. The van der Waals surface area contributed by atoms with Crippen molar-refractivity contribution in [3.63, 3.8) is 0 Å². The van der Waals surface area contributed by atoms with Crippen molar-refractivity contribution in [2.75, 3.05) is 24.7 Å². The van der Waals surface area contributed by atoms with Gasteiger partial charge in [-0.2, -0.15) is 19.2 Å². The molecule has 0 radical (unpaired) electrons. The Labute approximate surface area is 206 Å². The van der Waals surface area contributed by atoms with Gasteiger partial charge in [0.25, 0.3) is 0 Å². The topological polar surface area (TPSA) is 159 Å². The number of aliphatic hydroxyl groups excluding tert-OH is 1. The van der Waals surface area contributed by atoms with Gasteiger partial charge < -0.3 is 21.3 Å². The average Bonchev–Trinajstić information content (AvgIpc) is 3.32. The van der Waals surface area contributed by atoms with Crippen LogP contribution in [0.15, 0.2) is 21.3 Å². The number of nitrogens with zero attached hydrogens (tertiary/aromatic N) is 6. The summed E-state index contributed by atoms with van der Waals surface area (Å²) in [5.41, 5.74) is 16.3. The fourth-order valence-electron chi connectivity index (χ4n) is 3.27. The first-order valence-electron chi connectivity index (χ1n) is 10.0. The van der Waals surface area contributed by atoms with E-state index in [9.17, 15) is 4.79 Å². The Morgan fingerprint density at radius 2 is 1.48 bits per heavy atom. The Bertz CT molecular complexity index is 1320. The molecule has 0 aliphatic heterocycles. The summed E-state index contributed by atoms with van der Waals surface area (Å²) < 4.78 is 9.57. The fourth-order valence-corrected chi connectivity index (χ4v) is 3.97. The number of aryl methyl sites for hydroxylation is 2. The molecule has 0 bridgehead atoms. The quantitative estimate of drug-likeness (QED) is 0.300. The van der Waals surface area contributed by atoms with Crippen LogP contribution in [0, 0.1) is 13.8 Å². The van der Waals surface area contributed by atoms with Crippen LogP contribution in [-0.2, 0) is 22.4 Å². The highest BCUT2D eigenvalue weighted by molar-refractivity contribution is 9.11. The first kappa shape index (κ1) is 24.9. The van der Waals surface area contributed by atoms with Gasteiger partial charge in [-0.05, 0) is 52.6 Å². The normalized spacial score (nSPS) is 11.0. The van der Waals surface area contributed by atoms with Crippen molar-refractivity contribution in [3.8, 4) is 0 Å². The van der Waals surface area contributed by atoms with Crippen molar-refractivity contribution < 1.29 is 14.6 Å². The standard InChI is InChI=1S/C11H13BrN4O2.C9H11BrN4O/c1-3-18-9(17)4-7-6(2)15-11-8(12)5-14-16(11)10(7)13;1-5-6(2-3-15)8(11)14-9(13-5)7(10)4-12-14/h5H,3-4,13H2,1-2H3;4,15H,2-3,11H2,1H3. The number of anilines is 2. The number of nitrogens with two attached hydrogens (primary N) is 2. The molecule has 5 N–H and O–H groups in total. The Balaban J connectivity index is 0.000000189. The smallest absolute Gasteiger partial charge is 0.310 e. The molecule has 0 saturated heterocycles. The molecular weight excluding hydrogens is 560 g/mol. The van der Waals surface area contributed by atoms with E-state index in [1.165, 1.54) is 4.52 Å². The molecule has 0 aromatic carbocycles.